The van der Waals surface area contributed by atoms with Crippen LogP contribution in [0.1, 0.15) is 19.4 Å². The molecule has 1 aromatic carbocycles. The third-order valence-electron chi connectivity index (χ3n) is 5.25. The van der Waals surface area contributed by atoms with Gasteiger partial charge in [-0.25, -0.2) is 0 Å². The number of thiocarbonyl (C=S) groups is 1. The van der Waals surface area contributed by atoms with E-state index in [0.717, 1.165) is 10.9 Å². The minimum atomic E-state index is -0.542. The number of hydrogen-bond donors (Lipinski definition) is 1. The third-order valence-corrected chi connectivity index (χ3v) is 5.57. The second kappa shape index (κ2) is 9.84. The minimum absolute atomic E-state index is 0.00697. The molecule has 3 amide bonds. The molecule has 0 spiro atoms. The smallest absolute Gasteiger partial charge is 0.265 e. The van der Waals surface area contributed by atoms with Gasteiger partial charge in [0, 0.05) is 42.9 Å². The van der Waals surface area contributed by atoms with Crippen molar-refractivity contribution in [1.82, 2.24) is 19.7 Å². The molecule has 2 aromatic rings. The first-order valence-electron chi connectivity index (χ1n) is 10.1. The van der Waals surface area contributed by atoms with Crippen LogP contribution in [-0.2, 0) is 25.7 Å². The molecule has 8 nitrogen and oxygen atoms in total. The molecule has 1 aromatic heterocycles. The number of hydrogen-bond acceptors (Lipinski definition) is 5. The predicted octanol–water partition coefficient (Wildman–Crippen LogP) is 1.78. The molecule has 0 bridgehead atoms. The molecule has 3 rings (SSSR count). The Kier molecular flexibility index (Phi) is 7.19. The van der Waals surface area contributed by atoms with Gasteiger partial charge in [-0.1, -0.05) is 18.2 Å². The van der Waals surface area contributed by atoms with Gasteiger partial charge in [0.2, 0.25) is 5.91 Å². The minimum Gasteiger partial charge on any atom is -0.383 e. The highest BCUT2D eigenvalue weighted by Gasteiger charge is 2.33. The van der Waals surface area contributed by atoms with Crippen LogP contribution in [-0.4, -0.2) is 70.6 Å². The van der Waals surface area contributed by atoms with Crippen LogP contribution in [0.5, 0.6) is 0 Å². The van der Waals surface area contributed by atoms with Crippen LogP contribution in [0.2, 0.25) is 0 Å². The van der Waals surface area contributed by atoms with Crippen molar-refractivity contribution in [1.29, 1.82) is 0 Å². The summed E-state index contributed by atoms with van der Waals surface area (Å²) in [6, 6.07) is 7.58. The number of rotatable bonds is 8. The molecule has 2 heterocycles. The van der Waals surface area contributed by atoms with E-state index in [4.69, 9.17) is 17.0 Å². The van der Waals surface area contributed by atoms with Crippen molar-refractivity contribution < 1.29 is 19.1 Å². The molecule has 9 heteroatoms. The molecule has 1 aliphatic rings. The molecule has 0 radical (unpaired) electrons. The van der Waals surface area contributed by atoms with Gasteiger partial charge >= 0.3 is 0 Å². The zero-order chi connectivity index (χ0) is 22.5. The Morgan fingerprint density at radius 3 is 2.61 bits per heavy atom. The van der Waals surface area contributed by atoms with Crippen LogP contribution >= 0.6 is 12.2 Å². The highest BCUT2D eigenvalue weighted by atomic mass is 32.1. The summed E-state index contributed by atoms with van der Waals surface area (Å²) in [5.41, 5.74) is 1.52. The normalized spacial score (nSPS) is 15.6. The number of fused-ring (bicyclic) bond motifs is 1. The molecule has 0 atom stereocenters. The van der Waals surface area contributed by atoms with E-state index in [1.165, 1.54) is 12.0 Å². The fourth-order valence-electron chi connectivity index (χ4n) is 3.58. The quantitative estimate of drug-likeness (QED) is 0.383. The van der Waals surface area contributed by atoms with Gasteiger partial charge in [0.05, 0.1) is 13.2 Å². The van der Waals surface area contributed by atoms with E-state index in [0.29, 0.717) is 25.3 Å². The molecule has 1 saturated heterocycles. The molecule has 1 N–H and O–H groups in total. The van der Waals surface area contributed by atoms with E-state index in [9.17, 15) is 14.4 Å². The number of nitrogens with zero attached hydrogens (tertiary/aromatic N) is 3. The summed E-state index contributed by atoms with van der Waals surface area (Å²) in [5, 5.41) is 3.48. The Hall–Kier alpha value is -3.04. The molecule has 1 aliphatic heterocycles. The lowest BCUT2D eigenvalue weighted by atomic mass is 10.1. The summed E-state index contributed by atoms with van der Waals surface area (Å²) >= 11 is 5.13. The number of carbonyl (C=O) groups excluding carboxylic acids is 3. The second-order valence-electron chi connectivity index (χ2n) is 7.06. The number of nitrogens with one attached hydrogen (secondary N) is 1. The van der Waals surface area contributed by atoms with Crippen LogP contribution in [0, 0.1) is 0 Å². The van der Waals surface area contributed by atoms with Crippen molar-refractivity contribution >= 4 is 52.0 Å². The Balaban J connectivity index is 2.00. The number of para-hydroxylation sites is 1. The van der Waals surface area contributed by atoms with Crippen LogP contribution in [0.3, 0.4) is 0 Å². The summed E-state index contributed by atoms with van der Waals surface area (Å²) in [6.45, 7) is 5.87. The zero-order valence-electron chi connectivity index (χ0n) is 17.9. The average molecular weight is 443 g/mol. The number of benzene rings is 1. The fraction of sp³-hybridized carbons (Fsp3) is 0.364. The van der Waals surface area contributed by atoms with E-state index >= 15 is 0 Å². The van der Waals surface area contributed by atoms with E-state index in [2.05, 4.69) is 5.32 Å². The lowest BCUT2D eigenvalue weighted by Crippen LogP contribution is -2.54. The summed E-state index contributed by atoms with van der Waals surface area (Å²) < 4.78 is 6.88. The number of amides is 3. The topological polar surface area (TPSA) is 83.9 Å². The van der Waals surface area contributed by atoms with Crippen LogP contribution in [0.15, 0.2) is 36.0 Å². The Bertz CT molecular complexity index is 1050. The summed E-state index contributed by atoms with van der Waals surface area (Å²) in [5.74, 6) is -1.01. The maximum Gasteiger partial charge on any atom is 0.265 e. The molecular formula is C22H26N4O4S. The zero-order valence-corrected chi connectivity index (χ0v) is 18.7. The molecule has 164 valence electrons. The molecule has 0 unspecified atom stereocenters. The van der Waals surface area contributed by atoms with Gasteiger partial charge in [0.15, 0.2) is 5.11 Å². The monoisotopic (exact) mass is 442 g/mol. The van der Waals surface area contributed by atoms with Crippen LogP contribution in [0.25, 0.3) is 17.0 Å². The molecule has 31 heavy (non-hydrogen) atoms. The lowest BCUT2D eigenvalue weighted by Gasteiger charge is -2.28. The number of aromatic nitrogens is 1. The fourth-order valence-corrected chi connectivity index (χ4v) is 3.85. The first-order valence-corrected chi connectivity index (χ1v) is 10.6. The van der Waals surface area contributed by atoms with Crippen molar-refractivity contribution in [3.8, 4) is 0 Å². The van der Waals surface area contributed by atoms with E-state index in [1.807, 2.05) is 42.7 Å². The van der Waals surface area contributed by atoms with E-state index < -0.39 is 11.8 Å². The highest BCUT2D eigenvalue weighted by Crippen LogP contribution is 2.25. The van der Waals surface area contributed by atoms with Crippen LogP contribution < -0.4 is 5.32 Å². The average Bonchev–Trinajstić information content (AvgIpc) is 3.09. The first-order chi connectivity index (χ1) is 14.9. The number of carbonyl (C=O) groups is 3. The second-order valence-corrected chi connectivity index (χ2v) is 7.45. The van der Waals surface area contributed by atoms with Crippen molar-refractivity contribution in [3.63, 3.8) is 0 Å². The molecule has 1 fully saturated rings. The molecule has 0 aliphatic carbocycles. The van der Waals surface area contributed by atoms with Gasteiger partial charge in [-0.2, -0.15) is 0 Å². The Morgan fingerprint density at radius 1 is 1.23 bits per heavy atom. The van der Waals surface area contributed by atoms with Crippen molar-refractivity contribution in [2.45, 2.75) is 20.4 Å². The SMILES string of the molecule is CCN(CC)C(=O)Cn1cc(C=C2C(=O)NC(=S)N(CCOC)C2=O)c2ccccc21. The predicted molar refractivity (Wildman–Crippen MR) is 122 cm³/mol. The molecular weight excluding hydrogens is 416 g/mol. The maximum absolute atomic E-state index is 12.9. The largest absolute Gasteiger partial charge is 0.383 e. The Morgan fingerprint density at radius 2 is 1.94 bits per heavy atom. The van der Waals surface area contributed by atoms with Crippen molar-refractivity contribution in [2.75, 3.05) is 33.4 Å². The summed E-state index contributed by atoms with van der Waals surface area (Å²) in [7, 11) is 1.53. The molecule has 0 saturated carbocycles. The maximum atomic E-state index is 12.9. The first kappa shape index (κ1) is 22.6. The van der Waals surface area contributed by atoms with Gasteiger partial charge in [0.1, 0.15) is 12.1 Å². The third kappa shape index (κ3) is 4.67. The van der Waals surface area contributed by atoms with Crippen LogP contribution in [0.4, 0.5) is 0 Å². The van der Waals surface area contributed by atoms with Gasteiger partial charge in [0.25, 0.3) is 11.8 Å². The number of likely N-dealkylation sites (N-methyl/N-ethyl adjacent to an activating group) is 1. The lowest BCUT2D eigenvalue weighted by molar-refractivity contribution is -0.131. The highest BCUT2D eigenvalue weighted by molar-refractivity contribution is 7.80. The van der Waals surface area contributed by atoms with Gasteiger partial charge in [-0.05, 0) is 38.2 Å². The van der Waals surface area contributed by atoms with E-state index in [1.54, 1.807) is 17.2 Å². The number of methoxy groups -OCH3 is 1. The standard InChI is InChI=1S/C22H26N4O4S/c1-4-24(5-2)19(27)14-25-13-15(16-8-6-7-9-18(16)25)12-17-20(28)23-22(31)26(21(17)29)10-11-30-3/h6-9,12-13H,4-5,10-11,14H2,1-3H3,(H,23,28,31). The van der Waals surface area contributed by atoms with Gasteiger partial charge in [-0.15, -0.1) is 0 Å². The number of ether oxygens (including phenoxy) is 1. The van der Waals surface area contributed by atoms with Crippen molar-refractivity contribution in [3.05, 3.63) is 41.6 Å². The Labute approximate surface area is 186 Å². The summed E-state index contributed by atoms with van der Waals surface area (Å²) in [4.78, 5) is 41.2. The van der Waals surface area contributed by atoms with Gasteiger partial charge < -0.3 is 14.2 Å². The van der Waals surface area contributed by atoms with Crippen molar-refractivity contribution in [2.24, 2.45) is 0 Å². The van der Waals surface area contributed by atoms with E-state index in [-0.39, 0.29) is 29.7 Å². The van der Waals surface area contributed by atoms with Gasteiger partial charge in [-0.3, -0.25) is 24.6 Å². The summed E-state index contributed by atoms with van der Waals surface area (Å²) in [6.07, 6.45) is 3.35.